The molecule has 100 valence electrons. The molecule has 2 rings (SSSR count). The molecule has 0 aliphatic heterocycles. The van der Waals surface area contributed by atoms with Crippen LogP contribution in [0.1, 0.15) is 18.1 Å². The Kier molecular flexibility index (Phi) is 3.96. The van der Waals surface area contributed by atoms with E-state index in [2.05, 4.69) is 0 Å². The molecule has 1 nitrogen and oxygen atoms in total. The molecular formula is C16H17F2N. The standard InChI is InChI=1S/C16H17F2N/c1-16(19,10-12-4-2-6-14(17)8-12)11-13-5-3-7-15(18)9-13/h2-9H,10-11,19H2,1H3. The smallest absolute Gasteiger partial charge is 0.123 e. The van der Waals surface area contributed by atoms with Crippen molar-refractivity contribution in [3.05, 3.63) is 71.3 Å². The summed E-state index contributed by atoms with van der Waals surface area (Å²) in [7, 11) is 0. The van der Waals surface area contributed by atoms with Crippen molar-refractivity contribution >= 4 is 0 Å². The van der Waals surface area contributed by atoms with Crippen LogP contribution in [0.4, 0.5) is 8.78 Å². The lowest BCUT2D eigenvalue weighted by Gasteiger charge is -2.25. The van der Waals surface area contributed by atoms with E-state index in [4.69, 9.17) is 5.73 Å². The SMILES string of the molecule is CC(N)(Cc1cccc(F)c1)Cc1cccc(F)c1. The highest BCUT2D eigenvalue weighted by Crippen LogP contribution is 2.17. The maximum Gasteiger partial charge on any atom is 0.123 e. The lowest BCUT2D eigenvalue weighted by Crippen LogP contribution is -2.40. The van der Waals surface area contributed by atoms with Gasteiger partial charge in [0.05, 0.1) is 0 Å². The minimum Gasteiger partial charge on any atom is -0.325 e. The third kappa shape index (κ3) is 4.14. The molecular weight excluding hydrogens is 244 g/mol. The summed E-state index contributed by atoms with van der Waals surface area (Å²) in [5.74, 6) is -0.530. The van der Waals surface area contributed by atoms with Gasteiger partial charge in [0.2, 0.25) is 0 Å². The molecule has 0 saturated carbocycles. The Balaban J connectivity index is 2.10. The first-order valence-corrected chi connectivity index (χ1v) is 6.22. The van der Waals surface area contributed by atoms with Crippen LogP contribution in [0, 0.1) is 11.6 Å². The average Bonchev–Trinajstić information content (AvgIpc) is 2.27. The van der Waals surface area contributed by atoms with Gasteiger partial charge in [-0.1, -0.05) is 24.3 Å². The summed E-state index contributed by atoms with van der Waals surface area (Å²) in [4.78, 5) is 0. The van der Waals surface area contributed by atoms with Crippen LogP contribution in [-0.4, -0.2) is 5.54 Å². The van der Waals surface area contributed by atoms with Crippen molar-refractivity contribution < 1.29 is 8.78 Å². The zero-order valence-corrected chi connectivity index (χ0v) is 10.9. The zero-order valence-electron chi connectivity index (χ0n) is 10.9. The first-order chi connectivity index (χ1) is 8.94. The fraction of sp³-hybridized carbons (Fsp3) is 0.250. The van der Waals surface area contributed by atoms with Crippen LogP contribution in [0.2, 0.25) is 0 Å². The van der Waals surface area contributed by atoms with E-state index in [-0.39, 0.29) is 11.6 Å². The Bertz CT molecular complexity index is 515. The molecule has 0 aliphatic carbocycles. The minimum absolute atomic E-state index is 0.265. The number of nitrogens with two attached hydrogens (primary N) is 1. The van der Waals surface area contributed by atoms with E-state index in [1.54, 1.807) is 12.1 Å². The molecule has 19 heavy (non-hydrogen) atoms. The van der Waals surface area contributed by atoms with Crippen LogP contribution in [0.15, 0.2) is 48.5 Å². The number of hydrogen-bond acceptors (Lipinski definition) is 1. The quantitative estimate of drug-likeness (QED) is 0.896. The highest BCUT2D eigenvalue weighted by atomic mass is 19.1. The number of halogens is 2. The van der Waals surface area contributed by atoms with Crippen molar-refractivity contribution in [2.45, 2.75) is 25.3 Å². The highest BCUT2D eigenvalue weighted by molar-refractivity contribution is 5.23. The largest absolute Gasteiger partial charge is 0.325 e. The number of benzene rings is 2. The fourth-order valence-electron chi connectivity index (χ4n) is 2.29. The summed E-state index contributed by atoms with van der Waals surface area (Å²) in [6.45, 7) is 1.89. The van der Waals surface area contributed by atoms with Crippen LogP contribution in [0.3, 0.4) is 0 Å². The molecule has 0 saturated heterocycles. The number of rotatable bonds is 4. The molecule has 0 aliphatic rings. The van der Waals surface area contributed by atoms with Crippen molar-refractivity contribution in [2.75, 3.05) is 0 Å². The maximum absolute atomic E-state index is 13.1. The second kappa shape index (κ2) is 5.49. The number of hydrogen-bond donors (Lipinski definition) is 1. The Morgan fingerprint density at radius 1 is 0.895 bits per heavy atom. The normalized spacial score (nSPS) is 11.6. The zero-order chi connectivity index (χ0) is 13.9. The summed E-state index contributed by atoms with van der Waals surface area (Å²) in [6, 6.07) is 12.8. The van der Waals surface area contributed by atoms with E-state index in [1.165, 1.54) is 24.3 Å². The molecule has 0 heterocycles. The molecule has 2 aromatic carbocycles. The Hall–Kier alpha value is -1.74. The van der Waals surface area contributed by atoms with Gasteiger partial charge in [-0.15, -0.1) is 0 Å². The fourth-order valence-corrected chi connectivity index (χ4v) is 2.29. The topological polar surface area (TPSA) is 26.0 Å². The Labute approximate surface area is 112 Å². The van der Waals surface area contributed by atoms with Gasteiger partial charge in [-0.2, -0.15) is 0 Å². The molecule has 3 heteroatoms. The van der Waals surface area contributed by atoms with Crippen molar-refractivity contribution in [2.24, 2.45) is 5.73 Å². The summed E-state index contributed by atoms with van der Waals surface area (Å²) in [6.07, 6.45) is 1.09. The third-order valence-electron chi connectivity index (χ3n) is 2.99. The maximum atomic E-state index is 13.1. The summed E-state index contributed by atoms with van der Waals surface area (Å²) in [5.41, 5.74) is 7.39. The van der Waals surface area contributed by atoms with E-state index < -0.39 is 5.54 Å². The molecule has 0 atom stereocenters. The minimum atomic E-state index is -0.540. The molecule has 0 radical (unpaired) electrons. The predicted molar refractivity (Wildman–Crippen MR) is 72.8 cm³/mol. The van der Waals surface area contributed by atoms with Gasteiger partial charge in [-0.25, -0.2) is 8.78 Å². The summed E-state index contributed by atoms with van der Waals surface area (Å²) in [5, 5.41) is 0. The van der Waals surface area contributed by atoms with Gasteiger partial charge < -0.3 is 5.73 Å². The van der Waals surface area contributed by atoms with Gasteiger partial charge >= 0.3 is 0 Å². The molecule has 2 aromatic rings. The summed E-state index contributed by atoms with van der Waals surface area (Å²) < 4.78 is 26.3. The van der Waals surface area contributed by atoms with Crippen molar-refractivity contribution in [3.8, 4) is 0 Å². The lowest BCUT2D eigenvalue weighted by molar-refractivity contribution is 0.460. The van der Waals surface area contributed by atoms with Gasteiger partial charge in [0.1, 0.15) is 11.6 Å². The van der Waals surface area contributed by atoms with Crippen LogP contribution >= 0.6 is 0 Å². The summed E-state index contributed by atoms with van der Waals surface area (Å²) >= 11 is 0. The average molecular weight is 261 g/mol. The van der Waals surface area contributed by atoms with Crippen LogP contribution in [-0.2, 0) is 12.8 Å². The monoisotopic (exact) mass is 261 g/mol. The van der Waals surface area contributed by atoms with Gasteiger partial charge in [-0.3, -0.25) is 0 Å². The van der Waals surface area contributed by atoms with Gasteiger partial charge in [-0.05, 0) is 55.2 Å². The van der Waals surface area contributed by atoms with Crippen molar-refractivity contribution in [3.63, 3.8) is 0 Å². The molecule has 0 aromatic heterocycles. The Morgan fingerprint density at radius 3 is 1.68 bits per heavy atom. The van der Waals surface area contributed by atoms with E-state index in [1.807, 2.05) is 19.1 Å². The Morgan fingerprint density at radius 2 is 1.32 bits per heavy atom. The predicted octanol–water partition coefficient (Wildman–Crippen LogP) is 3.47. The van der Waals surface area contributed by atoms with Gasteiger partial charge in [0, 0.05) is 5.54 Å². The van der Waals surface area contributed by atoms with Crippen molar-refractivity contribution in [1.82, 2.24) is 0 Å². The molecule has 0 unspecified atom stereocenters. The molecule has 0 amide bonds. The second-order valence-corrected chi connectivity index (χ2v) is 5.27. The molecule has 0 fully saturated rings. The molecule has 2 N–H and O–H groups in total. The van der Waals surface area contributed by atoms with Crippen LogP contribution in [0.5, 0.6) is 0 Å². The lowest BCUT2D eigenvalue weighted by atomic mass is 9.87. The van der Waals surface area contributed by atoms with E-state index >= 15 is 0 Å². The molecule has 0 spiro atoms. The van der Waals surface area contributed by atoms with Gasteiger partial charge in [0.25, 0.3) is 0 Å². The highest BCUT2D eigenvalue weighted by Gasteiger charge is 2.20. The van der Waals surface area contributed by atoms with Crippen LogP contribution < -0.4 is 5.73 Å². The van der Waals surface area contributed by atoms with Gasteiger partial charge in [0.15, 0.2) is 0 Å². The first kappa shape index (κ1) is 13.7. The molecule has 0 bridgehead atoms. The van der Waals surface area contributed by atoms with E-state index in [9.17, 15) is 8.78 Å². The second-order valence-electron chi connectivity index (χ2n) is 5.27. The van der Waals surface area contributed by atoms with Crippen LogP contribution in [0.25, 0.3) is 0 Å². The van der Waals surface area contributed by atoms with Crippen molar-refractivity contribution in [1.29, 1.82) is 0 Å². The third-order valence-corrected chi connectivity index (χ3v) is 2.99. The van der Waals surface area contributed by atoms with E-state index in [0.29, 0.717) is 12.8 Å². The first-order valence-electron chi connectivity index (χ1n) is 6.22. The van der Waals surface area contributed by atoms with E-state index in [0.717, 1.165) is 11.1 Å².